The number of carbonyl (C=O) groups excluding carboxylic acids is 1. The van der Waals surface area contributed by atoms with Crippen LogP contribution in [0, 0.1) is 5.82 Å². The molecule has 1 aromatic carbocycles. The maximum absolute atomic E-state index is 13.6. The van der Waals surface area contributed by atoms with Crippen LogP contribution in [0.25, 0.3) is 0 Å². The molecule has 0 atom stereocenters. The highest BCUT2D eigenvalue weighted by Crippen LogP contribution is 2.31. The Balaban J connectivity index is 2.22. The predicted octanol–water partition coefficient (Wildman–Crippen LogP) is 3.76. The smallest absolute Gasteiger partial charge is 0.256 e. The van der Waals surface area contributed by atoms with Gasteiger partial charge >= 0.3 is 0 Å². The first-order valence-corrected chi connectivity index (χ1v) is 6.82. The van der Waals surface area contributed by atoms with Crippen molar-refractivity contribution in [3.05, 3.63) is 34.6 Å². The largest absolute Gasteiger partial charge is 0.345 e. The Morgan fingerprint density at radius 2 is 2.06 bits per heavy atom. The summed E-state index contributed by atoms with van der Waals surface area (Å²) in [5.41, 5.74) is -0.514. The molecule has 1 N–H and O–H groups in total. The molecule has 0 heterocycles. The van der Waals surface area contributed by atoms with Crippen LogP contribution in [0.4, 0.5) is 4.39 Å². The molecule has 18 heavy (non-hydrogen) atoms. The van der Waals surface area contributed by atoms with E-state index in [-0.39, 0.29) is 10.6 Å². The minimum Gasteiger partial charge on any atom is -0.345 e. The second kappa shape index (κ2) is 5.45. The zero-order valence-corrected chi connectivity index (χ0v) is 11.3. The van der Waals surface area contributed by atoms with Gasteiger partial charge in [0.15, 0.2) is 0 Å². The first-order valence-electron chi connectivity index (χ1n) is 5.90. The molecule has 98 valence electrons. The second-order valence-corrected chi connectivity index (χ2v) is 5.35. The van der Waals surface area contributed by atoms with Gasteiger partial charge in [-0.15, -0.1) is 11.6 Å². The molecule has 5 heteroatoms. The Morgan fingerprint density at radius 3 is 2.61 bits per heavy atom. The van der Waals surface area contributed by atoms with Crippen molar-refractivity contribution >= 4 is 29.1 Å². The molecule has 1 aliphatic rings. The van der Waals surface area contributed by atoms with Crippen LogP contribution in [0.1, 0.15) is 36.0 Å². The first kappa shape index (κ1) is 13.6. The highest BCUT2D eigenvalue weighted by Gasteiger charge is 2.35. The zero-order valence-electron chi connectivity index (χ0n) is 9.81. The van der Waals surface area contributed by atoms with Gasteiger partial charge in [-0.05, 0) is 25.0 Å². The van der Waals surface area contributed by atoms with Crippen molar-refractivity contribution in [2.24, 2.45) is 0 Å². The van der Waals surface area contributed by atoms with E-state index in [0.29, 0.717) is 5.88 Å². The minimum atomic E-state index is -0.609. The predicted molar refractivity (Wildman–Crippen MR) is 70.8 cm³/mol. The highest BCUT2D eigenvalue weighted by atomic mass is 35.5. The summed E-state index contributed by atoms with van der Waals surface area (Å²) in [5, 5.41) is 2.97. The molecule has 0 saturated heterocycles. The van der Waals surface area contributed by atoms with Gasteiger partial charge in [0, 0.05) is 5.88 Å². The third-order valence-corrected chi connectivity index (χ3v) is 4.21. The SMILES string of the molecule is O=C(NC1(CCl)CCCC1)c1c(F)cccc1Cl. The number of rotatable bonds is 3. The quantitative estimate of drug-likeness (QED) is 0.844. The molecule has 0 spiro atoms. The Labute approximate surface area is 115 Å². The molecular formula is C13H14Cl2FNO. The summed E-state index contributed by atoms with van der Waals surface area (Å²) in [6.45, 7) is 0. The fourth-order valence-corrected chi connectivity index (χ4v) is 2.94. The molecule has 1 aromatic rings. The Bertz CT molecular complexity index is 438. The Morgan fingerprint density at radius 1 is 1.39 bits per heavy atom. The number of carbonyl (C=O) groups is 1. The van der Waals surface area contributed by atoms with Gasteiger partial charge in [-0.1, -0.05) is 30.5 Å². The van der Waals surface area contributed by atoms with E-state index in [0.717, 1.165) is 25.7 Å². The van der Waals surface area contributed by atoms with Crippen molar-refractivity contribution < 1.29 is 9.18 Å². The monoisotopic (exact) mass is 289 g/mol. The van der Waals surface area contributed by atoms with Gasteiger partial charge in [0.25, 0.3) is 5.91 Å². The molecule has 0 aliphatic heterocycles. The molecule has 2 nitrogen and oxygen atoms in total. The minimum absolute atomic E-state index is 0.101. The van der Waals surface area contributed by atoms with Crippen LogP contribution in [-0.4, -0.2) is 17.3 Å². The Kier molecular flexibility index (Phi) is 4.13. The van der Waals surface area contributed by atoms with Gasteiger partial charge in [-0.3, -0.25) is 4.79 Å². The maximum Gasteiger partial charge on any atom is 0.256 e. The number of hydrogen-bond acceptors (Lipinski definition) is 1. The number of alkyl halides is 1. The lowest BCUT2D eigenvalue weighted by Gasteiger charge is -2.28. The molecule has 1 fully saturated rings. The van der Waals surface area contributed by atoms with E-state index >= 15 is 0 Å². The van der Waals surface area contributed by atoms with Crippen molar-refractivity contribution in [2.75, 3.05) is 5.88 Å². The van der Waals surface area contributed by atoms with E-state index in [1.807, 2.05) is 0 Å². The number of benzene rings is 1. The van der Waals surface area contributed by atoms with Crippen LogP contribution >= 0.6 is 23.2 Å². The standard InChI is InChI=1S/C13H14Cl2FNO/c14-8-13(6-1-2-7-13)17-12(18)11-9(15)4-3-5-10(11)16/h3-5H,1-2,6-8H2,(H,17,18). The summed E-state index contributed by atoms with van der Waals surface area (Å²) in [5.74, 6) is -0.756. The van der Waals surface area contributed by atoms with Crippen molar-refractivity contribution in [3.8, 4) is 0 Å². The van der Waals surface area contributed by atoms with E-state index in [2.05, 4.69) is 5.32 Å². The fourth-order valence-electron chi connectivity index (χ4n) is 2.36. The third kappa shape index (κ3) is 2.62. The van der Waals surface area contributed by atoms with Gasteiger partial charge < -0.3 is 5.32 Å². The van der Waals surface area contributed by atoms with E-state index in [4.69, 9.17) is 23.2 Å². The molecule has 2 rings (SSSR count). The summed E-state index contributed by atoms with van der Waals surface area (Å²) >= 11 is 11.8. The average molecular weight is 290 g/mol. The summed E-state index contributed by atoms with van der Waals surface area (Å²) < 4.78 is 13.6. The van der Waals surface area contributed by atoms with E-state index < -0.39 is 17.3 Å². The molecule has 0 unspecified atom stereocenters. The highest BCUT2D eigenvalue weighted by molar-refractivity contribution is 6.33. The van der Waals surface area contributed by atoms with Crippen molar-refractivity contribution in [1.82, 2.24) is 5.32 Å². The lowest BCUT2D eigenvalue weighted by Crippen LogP contribution is -2.48. The average Bonchev–Trinajstić information content (AvgIpc) is 2.78. The summed E-state index contributed by atoms with van der Waals surface area (Å²) in [6.07, 6.45) is 3.71. The molecule has 1 aliphatic carbocycles. The van der Waals surface area contributed by atoms with Crippen LogP contribution in [0.3, 0.4) is 0 Å². The van der Waals surface area contributed by atoms with E-state index in [1.54, 1.807) is 0 Å². The molecule has 0 radical (unpaired) electrons. The van der Waals surface area contributed by atoms with Crippen LogP contribution in [0.2, 0.25) is 5.02 Å². The lowest BCUT2D eigenvalue weighted by atomic mass is 9.99. The molecule has 1 amide bonds. The molecular weight excluding hydrogens is 276 g/mol. The maximum atomic E-state index is 13.6. The topological polar surface area (TPSA) is 29.1 Å². The number of nitrogens with one attached hydrogen (secondary N) is 1. The van der Waals surface area contributed by atoms with Crippen LogP contribution < -0.4 is 5.32 Å². The van der Waals surface area contributed by atoms with Crippen molar-refractivity contribution in [2.45, 2.75) is 31.2 Å². The van der Waals surface area contributed by atoms with Gasteiger partial charge in [-0.2, -0.15) is 0 Å². The number of hydrogen-bond donors (Lipinski definition) is 1. The third-order valence-electron chi connectivity index (χ3n) is 3.38. The van der Waals surface area contributed by atoms with Crippen LogP contribution in [0.15, 0.2) is 18.2 Å². The molecule has 0 bridgehead atoms. The van der Waals surface area contributed by atoms with Crippen molar-refractivity contribution in [3.63, 3.8) is 0 Å². The molecule has 1 saturated carbocycles. The second-order valence-electron chi connectivity index (χ2n) is 4.67. The first-order chi connectivity index (χ1) is 8.58. The fraction of sp³-hybridized carbons (Fsp3) is 0.462. The van der Waals surface area contributed by atoms with Crippen LogP contribution in [-0.2, 0) is 0 Å². The van der Waals surface area contributed by atoms with Gasteiger partial charge in [0.05, 0.1) is 16.1 Å². The van der Waals surface area contributed by atoms with E-state index in [9.17, 15) is 9.18 Å². The van der Waals surface area contributed by atoms with Crippen molar-refractivity contribution in [1.29, 1.82) is 0 Å². The van der Waals surface area contributed by atoms with Gasteiger partial charge in [-0.25, -0.2) is 4.39 Å². The number of halogens is 3. The Hall–Kier alpha value is -0.800. The van der Waals surface area contributed by atoms with Crippen LogP contribution in [0.5, 0.6) is 0 Å². The summed E-state index contributed by atoms with van der Waals surface area (Å²) in [4.78, 5) is 12.1. The summed E-state index contributed by atoms with van der Waals surface area (Å²) in [7, 11) is 0. The lowest BCUT2D eigenvalue weighted by molar-refractivity contribution is 0.0905. The zero-order chi connectivity index (χ0) is 13.2. The van der Waals surface area contributed by atoms with E-state index in [1.165, 1.54) is 18.2 Å². The number of amides is 1. The van der Waals surface area contributed by atoms with Gasteiger partial charge in [0.1, 0.15) is 5.82 Å². The molecule has 0 aromatic heterocycles. The summed E-state index contributed by atoms with van der Waals surface area (Å²) in [6, 6.07) is 4.20. The van der Waals surface area contributed by atoms with Gasteiger partial charge in [0.2, 0.25) is 0 Å². The normalized spacial score (nSPS) is 17.7.